The molecule has 3 aromatic rings. The minimum Gasteiger partial charge on any atom is -0.507 e. The predicted molar refractivity (Wildman–Crippen MR) is 155 cm³/mol. The number of rotatable bonds is 9. The van der Waals surface area contributed by atoms with E-state index >= 15 is 0 Å². The molecule has 0 aromatic heterocycles. The number of carbonyl (C=O) groups excluding carboxylic acids is 2. The van der Waals surface area contributed by atoms with Crippen molar-refractivity contribution < 1.29 is 28.9 Å². The molecule has 3 aromatic carbocycles. The van der Waals surface area contributed by atoms with E-state index < -0.39 is 23.5 Å². The second-order valence-corrected chi connectivity index (χ2v) is 10.8. The fourth-order valence-electron chi connectivity index (χ4n) is 4.67. The third kappa shape index (κ3) is 5.76. The molecule has 1 saturated heterocycles. The summed E-state index contributed by atoms with van der Waals surface area (Å²) in [5.74, 6) is -0.693. The lowest BCUT2D eigenvalue weighted by Gasteiger charge is -2.26. The quantitative estimate of drug-likeness (QED) is 0.166. The number of benzene rings is 3. The van der Waals surface area contributed by atoms with Crippen LogP contribution in [0.15, 0.2) is 60.2 Å². The van der Waals surface area contributed by atoms with Crippen molar-refractivity contribution in [3.8, 4) is 17.2 Å². The third-order valence-electron chi connectivity index (χ3n) is 6.55. The maximum atomic E-state index is 13.5. The molecule has 210 valence electrons. The van der Waals surface area contributed by atoms with Crippen LogP contribution >= 0.6 is 23.2 Å². The van der Waals surface area contributed by atoms with Gasteiger partial charge in [0.1, 0.15) is 16.5 Å². The Hall–Kier alpha value is -3.68. The topological polar surface area (TPSA) is 85.3 Å². The van der Waals surface area contributed by atoms with Gasteiger partial charge in [-0.25, -0.2) is 0 Å². The summed E-state index contributed by atoms with van der Waals surface area (Å²) < 4.78 is 16.5. The normalized spacial score (nSPS) is 16.5. The highest BCUT2D eigenvalue weighted by molar-refractivity contribution is 6.47. The van der Waals surface area contributed by atoms with Crippen LogP contribution in [0.5, 0.6) is 17.2 Å². The van der Waals surface area contributed by atoms with E-state index in [1.54, 1.807) is 0 Å². The summed E-state index contributed by atoms with van der Waals surface area (Å²) in [6.07, 6.45) is 0. The van der Waals surface area contributed by atoms with Crippen molar-refractivity contribution in [2.45, 2.75) is 33.4 Å². The van der Waals surface area contributed by atoms with Gasteiger partial charge in [0.2, 0.25) is 0 Å². The summed E-state index contributed by atoms with van der Waals surface area (Å²) in [4.78, 5) is 28.4. The molecule has 0 spiro atoms. The Kier molecular flexibility index (Phi) is 8.96. The summed E-state index contributed by atoms with van der Waals surface area (Å²) >= 11 is 12.8. The van der Waals surface area contributed by atoms with Gasteiger partial charge in [-0.3, -0.25) is 9.59 Å². The maximum absolute atomic E-state index is 13.5. The Morgan fingerprint density at radius 3 is 2.27 bits per heavy atom. The number of likely N-dealkylation sites (tertiary alicyclic amines) is 1. The molecule has 0 bridgehead atoms. The number of methoxy groups -OCH3 is 2. The molecule has 1 aliphatic heterocycles. The van der Waals surface area contributed by atoms with Crippen LogP contribution < -0.4 is 14.2 Å². The largest absolute Gasteiger partial charge is 0.507 e. The number of Topliss-reactive ketones (excluding diaryl/α,β-unsaturated/α-hetero) is 1. The zero-order valence-electron chi connectivity index (χ0n) is 23.0. The molecule has 1 heterocycles. The number of nitrogens with zero attached hydrogens (tertiary/aromatic N) is 1. The molecule has 1 N–H and O–H groups in total. The molecule has 0 aliphatic carbocycles. The number of aliphatic hydroxyl groups is 1. The SMILES string of the molecule is COc1c(Cl)cc(/C(O)=C2\C(=O)C(=O)N(Cc3ccc(OCC(C)C)cc3)C2c2cccc(C)c2)c(OC)c1Cl. The predicted octanol–water partition coefficient (Wildman–Crippen LogP) is 6.98. The second kappa shape index (κ2) is 12.2. The number of aryl methyl sites for hydroxylation is 1. The van der Waals surface area contributed by atoms with Gasteiger partial charge in [-0.1, -0.05) is 79.0 Å². The molecule has 4 rings (SSSR count). The van der Waals surface area contributed by atoms with Crippen LogP contribution in [0.1, 0.15) is 42.1 Å². The zero-order chi connectivity index (χ0) is 29.1. The molecule has 9 heteroatoms. The average Bonchev–Trinajstić information content (AvgIpc) is 3.17. The number of amides is 1. The van der Waals surface area contributed by atoms with Gasteiger partial charge in [0.05, 0.1) is 43.0 Å². The van der Waals surface area contributed by atoms with Crippen molar-refractivity contribution in [3.05, 3.63) is 92.5 Å². The molecular formula is C31H31Cl2NO6. The highest BCUT2D eigenvalue weighted by atomic mass is 35.5. The first-order valence-electron chi connectivity index (χ1n) is 12.7. The second-order valence-electron chi connectivity index (χ2n) is 9.98. The fraction of sp³-hybridized carbons (Fsp3) is 0.290. The Balaban J connectivity index is 1.83. The van der Waals surface area contributed by atoms with Crippen LogP contribution in [-0.4, -0.2) is 42.5 Å². The monoisotopic (exact) mass is 583 g/mol. The maximum Gasteiger partial charge on any atom is 0.295 e. The van der Waals surface area contributed by atoms with Gasteiger partial charge in [-0.2, -0.15) is 0 Å². The Labute approximate surface area is 243 Å². The van der Waals surface area contributed by atoms with E-state index in [-0.39, 0.29) is 39.2 Å². The molecule has 1 amide bonds. The number of hydrogen-bond acceptors (Lipinski definition) is 6. The summed E-state index contributed by atoms with van der Waals surface area (Å²) in [5, 5.41) is 11.7. The van der Waals surface area contributed by atoms with Gasteiger partial charge in [0.25, 0.3) is 11.7 Å². The Morgan fingerprint density at radius 1 is 1.00 bits per heavy atom. The number of halogens is 2. The van der Waals surface area contributed by atoms with Crippen molar-refractivity contribution in [2.24, 2.45) is 5.92 Å². The van der Waals surface area contributed by atoms with Crippen molar-refractivity contribution in [3.63, 3.8) is 0 Å². The van der Waals surface area contributed by atoms with E-state index in [0.29, 0.717) is 18.1 Å². The lowest BCUT2D eigenvalue weighted by Crippen LogP contribution is -2.29. The van der Waals surface area contributed by atoms with E-state index in [2.05, 4.69) is 13.8 Å². The van der Waals surface area contributed by atoms with Gasteiger partial charge in [0.15, 0.2) is 11.5 Å². The van der Waals surface area contributed by atoms with Crippen molar-refractivity contribution in [2.75, 3.05) is 20.8 Å². The molecule has 1 aliphatic rings. The van der Waals surface area contributed by atoms with Crippen LogP contribution in [-0.2, 0) is 16.1 Å². The van der Waals surface area contributed by atoms with Gasteiger partial charge in [-0.05, 0) is 42.2 Å². The first-order valence-corrected chi connectivity index (χ1v) is 13.5. The Bertz CT molecular complexity index is 1470. The smallest absolute Gasteiger partial charge is 0.295 e. The first kappa shape index (κ1) is 29.3. The van der Waals surface area contributed by atoms with E-state index in [1.807, 2.05) is 55.5 Å². The Morgan fingerprint density at radius 2 is 1.68 bits per heavy atom. The van der Waals surface area contributed by atoms with Crippen LogP contribution in [0.4, 0.5) is 0 Å². The number of aliphatic hydroxyl groups excluding tert-OH is 1. The van der Waals surface area contributed by atoms with Crippen molar-refractivity contribution in [1.82, 2.24) is 4.90 Å². The van der Waals surface area contributed by atoms with Crippen LogP contribution in [0.3, 0.4) is 0 Å². The van der Waals surface area contributed by atoms with E-state index in [1.165, 1.54) is 25.2 Å². The van der Waals surface area contributed by atoms with Crippen LogP contribution in [0, 0.1) is 12.8 Å². The van der Waals surface area contributed by atoms with Gasteiger partial charge in [0, 0.05) is 6.54 Å². The summed E-state index contributed by atoms with van der Waals surface area (Å²) in [6.45, 7) is 6.77. The highest BCUT2D eigenvalue weighted by Gasteiger charge is 2.46. The molecule has 0 radical (unpaired) electrons. The molecule has 7 nitrogen and oxygen atoms in total. The van der Waals surface area contributed by atoms with E-state index in [9.17, 15) is 14.7 Å². The minimum atomic E-state index is -0.874. The molecular weight excluding hydrogens is 553 g/mol. The average molecular weight is 584 g/mol. The van der Waals surface area contributed by atoms with E-state index in [0.717, 1.165) is 16.9 Å². The van der Waals surface area contributed by atoms with Crippen LogP contribution in [0.25, 0.3) is 5.76 Å². The summed E-state index contributed by atoms with van der Waals surface area (Å²) in [7, 11) is 2.77. The molecule has 0 saturated carbocycles. The number of ketones is 1. The highest BCUT2D eigenvalue weighted by Crippen LogP contribution is 2.47. The number of carbonyl (C=O) groups is 2. The summed E-state index contributed by atoms with van der Waals surface area (Å²) in [6, 6.07) is 15.4. The van der Waals surface area contributed by atoms with Gasteiger partial charge < -0.3 is 24.2 Å². The minimum absolute atomic E-state index is 0.0279. The lowest BCUT2D eigenvalue weighted by molar-refractivity contribution is -0.140. The molecule has 40 heavy (non-hydrogen) atoms. The standard InChI is InChI=1S/C31H31Cl2NO6/c1-17(2)16-40-21-11-9-19(10-12-21)15-34-26(20-8-6-7-18(3)13-20)24(28(36)31(34)37)27(35)22-14-23(32)30(39-5)25(33)29(22)38-4/h6-14,17,26,35H,15-16H2,1-5H3/b27-24+. The molecule has 1 atom stereocenters. The lowest BCUT2D eigenvalue weighted by atomic mass is 9.94. The number of hydrogen-bond donors (Lipinski definition) is 1. The van der Waals surface area contributed by atoms with Crippen molar-refractivity contribution in [1.29, 1.82) is 0 Å². The third-order valence-corrected chi connectivity index (χ3v) is 7.18. The van der Waals surface area contributed by atoms with E-state index in [4.69, 9.17) is 37.4 Å². The fourth-order valence-corrected chi connectivity index (χ4v) is 5.36. The van der Waals surface area contributed by atoms with Crippen LogP contribution in [0.2, 0.25) is 10.0 Å². The van der Waals surface area contributed by atoms with Gasteiger partial charge in [-0.15, -0.1) is 0 Å². The first-order chi connectivity index (χ1) is 19.1. The van der Waals surface area contributed by atoms with Gasteiger partial charge >= 0.3 is 0 Å². The van der Waals surface area contributed by atoms with Crippen molar-refractivity contribution >= 4 is 40.7 Å². The molecule has 1 fully saturated rings. The zero-order valence-corrected chi connectivity index (χ0v) is 24.5. The number of ether oxygens (including phenoxy) is 3. The summed E-state index contributed by atoms with van der Waals surface area (Å²) in [5.41, 5.74) is 2.37. The molecule has 1 unspecified atom stereocenters.